The van der Waals surface area contributed by atoms with Gasteiger partial charge < -0.3 is 24.4 Å². The van der Waals surface area contributed by atoms with E-state index in [4.69, 9.17) is 14.2 Å². The molecule has 1 N–H and O–H groups in total. The van der Waals surface area contributed by atoms with Gasteiger partial charge in [0.15, 0.2) is 5.96 Å². The Morgan fingerprint density at radius 2 is 1.93 bits per heavy atom. The highest BCUT2D eigenvalue weighted by Gasteiger charge is 2.26. The number of nitrogens with one attached hydrogen (secondary N) is 1. The van der Waals surface area contributed by atoms with Gasteiger partial charge in [-0.15, -0.1) is 0 Å². The number of likely N-dealkylation sites (tertiary alicyclic amines) is 1. The number of piperidine rings is 1. The first-order valence-corrected chi connectivity index (χ1v) is 9.42. The van der Waals surface area contributed by atoms with E-state index in [0.717, 1.165) is 56.2 Å². The number of nitrogens with zero attached hydrogens (tertiary/aromatic N) is 2. The van der Waals surface area contributed by atoms with Gasteiger partial charge in [-0.3, -0.25) is 9.79 Å². The van der Waals surface area contributed by atoms with Crippen LogP contribution in [-0.4, -0.2) is 64.3 Å². The maximum atomic E-state index is 11.6. The number of carbonyl (C=O) groups excluding carboxylic acids is 1. The molecule has 0 amide bonds. The summed E-state index contributed by atoms with van der Waals surface area (Å²) in [6, 6.07) is 7.90. The van der Waals surface area contributed by atoms with E-state index < -0.39 is 0 Å². The fourth-order valence-electron chi connectivity index (χ4n) is 3.11. The number of aliphatic imine (C=N–C) groups is 1. The van der Waals surface area contributed by atoms with Crippen molar-refractivity contribution in [3.63, 3.8) is 0 Å². The minimum Gasteiger partial charge on any atom is -0.497 e. The smallest absolute Gasteiger partial charge is 0.308 e. The van der Waals surface area contributed by atoms with Crippen molar-refractivity contribution in [3.8, 4) is 5.75 Å². The Bertz CT molecular complexity index is 596. The van der Waals surface area contributed by atoms with Gasteiger partial charge in [0.25, 0.3) is 0 Å². The molecule has 0 aliphatic carbocycles. The largest absolute Gasteiger partial charge is 0.497 e. The Morgan fingerprint density at radius 1 is 1.22 bits per heavy atom. The first kappa shape index (κ1) is 21.0. The minimum absolute atomic E-state index is 0.00992. The van der Waals surface area contributed by atoms with Gasteiger partial charge in [-0.1, -0.05) is 12.1 Å². The van der Waals surface area contributed by atoms with Crippen LogP contribution in [0.25, 0.3) is 0 Å². The van der Waals surface area contributed by atoms with Crippen molar-refractivity contribution in [2.24, 2.45) is 10.9 Å². The number of ether oxygens (including phenoxy) is 3. The van der Waals surface area contributed by atoms with Gasteiger partial charge in [-0.05, 0) is 37.0 Å². The number of guanidine groups is 1. The molecule has 1 heterocycles. The summed E-state index contributed by atoms with van der Waals surface area (Å²) < 4.78 is 15.7. The van der Waals surface area contributed by atoms with Crippen molar-refractivity contribution >= 4 is 11.9 Å². The van der Waals surface area contributed by atoms with Crippen LogP contribution in [0.15, 0.2) is 29.3 Å². The molecule has 0 atom stereocenters. The molecule has 0 spiro atoms. The summed E-state index contributed by atoms with van der Waals surface area (Å²) in [7, 11) is 4.90. The molecule has 27 heavy (non-hydrogen) atoms. The van der Waals surface area contributed by atoms with Crippen LogP contribution in [0.1, 0.15) is 24.8 Å². The molecule has 2 rings (SSSR count). The second kappa shape index (κ2) is 11.4. The lowest BCUT2D eigenvalue weighted by Crippen LogP contribution is -2.47. The normalized spacial score (nSPS) is 15.5. The number of hydrogen-bond donors (Lipinski definition) is 1. The molecule has 1 aliphatic rings. The van der Waals surface area contributed by atoms with Crippen molar-refractivity contribution in [1.29, 1.82) is 0 Å². The fourth-order valence-corrected chi connectivity index (χ4v) is 3.11. The molecule has 0 bridgehead atoms. The summed E-state index contributed by atoms with van der Waals surface area (Å²) in [5, 5.41) is 3.37. The standard InChI is InChI=1S/C20H31N3O4/c1-21-20(23-12-9-17(10-13-23)19(24)26-3)22-11-4-14-27-15-16-5-7-18(25-2)8-6-16/h5-8,17H,4,9-15H2,1-3H3,(H,21,22). The highest BCUT2D eigenvalue weighted by atomic mass is 16.5. The Balaban J connectivity index is 1.60. The molecule has 1 aromatic rings. The van der Waals surface area contributed by atoms with Gasteiger partial charge in [-0.2, -0.15) is 0 Å². The molecule has 0 unspecified atom stereocenters. The van der Waals surface area contributed by atoms with Crippen LogP contribution >= 0.6 is 0 Å². The Labute approximate surface area is 161 Å². The lowest BCUT2D eigenvalue weighted by Gasteiger charge is -2.33. The third kappa shape index (κ3) is 6.75. The van der Waals surface area contributed by atoms with Gasteiger partial charge in [0.2, 0.25) is 0 Å². The van der Waals surface area contributed by atoms with E-state index in [0.29, 0.717) is 13.2 Å². The average molecular weight is 377 g/mol. The van der Waals surface area contributed by atoms with Crippen LogP contribution in [0.3, 0.4) is 0 Å². The summed E-state index contributed by atoms with van der Waals surface area (Å²) in [6.45, 7) is 3.70. The summed E-state index contributed by atoms with van der Waals surface area (Å²) in [4.78, 5) is 18.2. The first-order chi connectivity index (χ1) is 13.2. The number of benzene rings is 1. The number of hydrogen-bond acceptors (Lipinski definition) is 5. The molecule has 0 aromatic heterocycles. The fraction of sp³-hybridized carbons (Fsp3) is 0.600. The van der Waals surface area contributed by atoms with Crippen LogP contribution in [0.2, 0.25) is 0 Å². The average Bonchev–Trinajstić information content (AvgIpc) is 2.73. The molecule has 1 aromatic carbocycles. The van der Waals surface area contributed by atoms with Crippen LogP contribution in [-0.2, 0) is 20.9 Å². The lowest BCUT2D eigenvalue weighted by molar-refractivity contribution is -0.146. The predicted molar refractivity (Wildman–Crippen MR) is 105 cm³/mol. The van der Waals surface area contributed by atoms with Crippen LogP contribution < -0.4 is 10.1 Å². The Morgan fingerprint density at radius 3 is 2.52 bits per heavy atom. The van der Waals surface area contributed by atoms with Crippen molar-refractivity contribution in [2.75, 3.05) is 47.5 Å². The first-order valence-electron chi connectivity index (χ1n) is 9.42. The summed E-state index contributed by atoms with van der Waals surface area (Å²) in [6.07, 6.45) is 2.50. The zero-order chi connectivity index (χ0) is 19.5. The molecule has 7 nitrogen and oxygen atoms in total. The van der Waals surface area contributed by atoms with E-state index in [9.17, 15) is 4.79 Å². The maximum Gasteiger partial charge on any atom is 0.308 e. The van der Waals surface area contributed by atoms with Gasteiger partial charge in [-0.25, -0.2) is 0 Å². The summed E-state index contributed by atoms with van der Waals surface area (Å²) in [5.41, 5.74) is 1.13. The SMILES string of the molecule is CN=C(NCCCOCc1ccc(OC)cc1)N1CCC(C(=O)OC)CC1. The summed E-state index contributed by atoms with van der Waals surface area (Å²) >= 11 is 0. The molecule has 0 saturated carbocycles. The van der Waals surface area contributed by atoms with Gasteiger partial charge in [0.1, 0.15) is 5.75 Å². The molecular weight excluding hydrogens is 346 g/mol. The summed E-state index contributed by atoms with van der Waals surface area (Å²) in [5.74, 6) is 1.64. The monoisotopic (exact) mass is 377 g/mol. The molecule has 1 saturated heterocycles. The number of esters is 1. The second-order valence-electron chi connectivity index (χ2n) is 6.51. The van der Waals surface area contributed by atoms with E-state index in [1.165, 1.54) is 7.11 Å². The molecular formula is C20H31N3O4. The third-order valence-electron chi connectivity index (χ3n) is 4.72. The zero-order valence-corrected chi connectivity index (χ0v) is 16.6. The number of rotatable bonds is 8. The Hall–Kier alpha value is -2.28. The molecule has 0 radical (unpaired) electrons. The van der Waals surface area contributed by atoms with E-state index >= 15 is 0 Å². The van der Waals surface area contributed by atoms with Gasteiger partial charge in [0, 0.05) is 33.3 Å². The van der Waals surface area contributed by atoms with Gasteiger partial charge >= 0.3 is 5.97 Å². The predicted octanol–water partition coefficient (Wildman–Crippen LogP) is 2.06. The van der Waals surface area contributed by atoms with Crippen molar-refractivity contribution in [2.45, 2.75) is 25.9 Å². The number of carbonyl (C=O) groups is 1. The molecule has 1 aliphatic heterocycles. The second-order valence-corrected chi connectivity index (χ2v) is 6.51. The van der Waals surface area contributed by atoms with E-state index in [2.05, 4.69) is 15.2 Å². The van der Waals surface area contributed by atoms with E-state index in [1.54, 1.807) is 14.2 Å². The van der Waals surface area contributed by atoms with Crippen LogP contribution in [0.4, 0.5) is 0 Å². The van der Waals surface area contributed by atoms with E-state index in [-0.39, 0.29) is 11.9 Å². The third-order valence-corrected chi connectivity index (χ3v) is 4.72. The lowest BCUT2D eigenvalue weighted by atomic mass is 9.97. The highest BCUT2D eigenvalue weighted by molar-refractivity contribution is 5.80. The Kier molecular flexibility index (Phi) is 8.91. The van der Waals surface area contributed by atoms with Crippen LogP contribution in [0, 0.1) is 5.92 Å². The van der Waals surface area contributed by atoms with Crippen LogP contribution in [0.5, 0.6) is 5.75 Å². The van der Waals surface area contributed by atoms with E-state index in [1.807, 2.05) is 24.3 Å². The molecule has 7 heteroatoms. The topological polar surface area (TPSA) is 72.4 Å². The number of methoxy groups -OCH3 is 2. The molecule has 150 valence electrons. The zero-order valence-electron chi connectivity index (χ0n) is 16.6. The quantitative estimate of drug-likeness (QED) is 0.324. The maximum absolute atomic E-state index is 11.6. The van der Waals surface area contributed by atoms with Crippen molar-refractivity contribution < 1.29 is 19.0 Å². The highest BCUT2D eigenvalue weighted by Crippen LogP contribution is 2.18. The minimum atomic E-state index is -0.105. The molecule has 1 fully saturated rings. The van der Waals surface area contributed by atoms with Crippen molar-refractivity contribution in [3.05, 3.63) is 29.8 Å². The van der Waals surface area contributed by atoms with Gasteiger partial charge in [0.05, 0.1) is 26.7 Å². The van der Waals surface area contributed by atoms with Crippen molar-refractivity contribution in [1.82, 2.24) is 10.2 Å².